The van der Waals surface area contributed by atoms with Gasteiger partial charge in [0.1, 0.15) is 6.73 Å². The van der Waals surface area contributed by atoms with E-state index in [1.165, 1.54) is 6.42 Å². The monoisotopic (exact) mass is 310 g/mol. The van der Waals surface area contributed by atoms with E-state index in [-0.39, 0.29) is 11.8 Å². The van der Waals surface area contributed by atoms with Crippen molar-refractivity contribution in [2.45, 2.75) is 58.3 Å². The molecule has 0 bridgehead atoms. The molecular formula is C17H30N2O3. The normalized spacial score (nSPS) is 23.5. The van der Waals surface area contributed by atoms with Gasteiger partial charge in [0.15, 0.2) is 0 Å². The van der Waals surface area contributed by atoms with Crippen LogP contribution in [0.25, 0.3) is 0 Å². The zero-order chi connectivity index (χ0) is 15.8. The van der Waals surface area contributed by atoms with Crippen molar-refractivity contribution >= 4 is 11.8 Å². The number of amides is 2. The molecule has 2 fully saturated rings. The van der Waals surface area contributed by atoms with Gasteiger partial charge in [-0.3, -0.25) is 9.59 Å². The lowest BCUT2D eigenvalue weighted by molar-refractivity contribution is -0.137. The molecule has 1 atom stereocenters. The van der Waals surface area contributed by atoms with Crippen LogP contribution in [0.1, 0.15) is 58.3 Å². The number of piperidine rings is 1. The van der Waals surface area contributed by atoms with Crippen molar-refractivity contribution in [2.75, 3.05) is 33.0 Å². The Labute approximate surface area is 134 Å². The highest BCUT2D eigenvalue weighted by molar-refractivity contribution is 5.78. The van der Waals surface area contributed by atoms with Crippen molar-refractivity contribution in [2.24, 2.45) is 5.92 Å². The van der Waals surface area contributed by atoms with Crippen LogP contribution in [0.5, 0.6) is 0 Å². The van der Waals surface area contributed by atoms with Gasteiger partial charge in [0, 0.05) is 38.6 Å². The molecule has 2 heterocycles. The molecule has 2 aliphatic rings. The van der Waals surface area contributed by atoms with Crippen LogP contribution < -0.4 is 0 Å². The Morgan fingerprint density at radius 1 is 1.18 bits per heavy atom. The molecule has 0 aromatic rings. The van der Waals surface area contributed by atoms with E-state index in [1.54, 1.807) is 0 Å². The molecule has 0 radical (unpaired) electrons. The third kappa shape index (κ3) is 5.27. The summed E-state index contributed by atoms with van der Waals surface area (Å²) >= 11 is 0. The first-order valence-corrected chi connectivity index (χ1v) is 8.83. The SMILES string of the molecule is CC1CCOCN(CCCCCC(=O)N2CCCCC2)C1=O. The number of nitrogens with zero attached hydrogens (tertiary/aromatic N) is 2. The Hall–Kier alpha value is -1.10. The maximum atomic E-state index is 12.1. The number of likely N-dealkylation sites (tertiary alicyclic amines) is 1. The Kier molecular flexibility index (Phi) is 7.16. The molecule has 0 spiro atoms. The van der Waals surface area contributed by atoms with Gasteiger partial charge >= 0.3 is 0 Å². The fourth-order valence-corrected chi connectivity index (χ4v) is 3.17. The third-order valence-electron chi connectivity index (χ3n) is 4.70. The Bertz CT molecular complexity index is 367. The number of carbonyl (C=O) groups excluding carboxylic acids is 2. The number of unbranched alkanes of at least 4 members (excludes halogenated alkanes) is 2. The second-order valence-electron chi connectivity index (χ2n) is 6.58. The second-order valence-corrected chi connectivity index (χ2v) is 6.58. The molecule has 126 valence electrons. The molecule has 2 saturated heterocycles. The zero-order valence-electron chi connectivity index (χ0n) is 13.9. The lowest BCUT2D eigenvalue weighted by atomic mass is 10.1. The molecule has 22 heavy (non-hydrogen) atoms. The lowest BCUT2D eigenvalue weighted by Gasteiger charge is -2.26. The minimum atomic E-state index is 0.0724. The fraction of sp³-hybridized carbons (Fsp3) is 0.882. The maximum absolute atomic E-state index is 12.1. The van der Waals surface area contributed by atoms with Crippen molar-refractivity contribution in [1.82, 2.24) is 9.80 Å². The highest BCUT2D eigenvalue weighted by Crippen LogP contribution is 2.14. The summed E-state index contributed by atoms with van der Waals surface area (Å²) in [7, 11) is 0. The molecule has 0 N–H and O–H groups in total. The van der Waals surface area contributed by atoms with Crippen LogP contribution in [0.2, 0.25) is 0 Å². The second kappa shape index (κ2) is 9.13. The van der Waals surface area contributed by atoms with Gasteiger partial charge in [-0.15, -0.1) is 0 Å². The standard InChI is InChI=1S/C17H30N2O3/c1-15-9-13-22-14-19(17(15)21)12-5-2-4-8-16(20)18-10-6-3-7-11-18/h15H,2-14H2,1H3. The smallest absolute Gasteiger partial charge is 0.227 e. The van der Waals surface area contributed by atoms with E-state index in [0.29, 0.717) is 25.7 Å². The average molecular weight is 310 g/mol. The summed E-state index contributed by atoms with van der Waals surface area (Å²) in [5, 5.41) is 0. The Morgan fingerprint density at radius 3 is 2.73 bits per heavy atom. The summed E-state index contributed by atoms with van der Waals surface area (Å²) in [6.45, 7) is 5.71. The molecular weight excluding hydrogens is 280 g/mol. The molecule has 0 aromatic heterocycles. The highest BCUT2D eigenvalue weighted by atomic mass is 16.5. The first-order chi connectivity index (χ1) is 10.7. The summed E-state index contributed by atoms with van der Waals surface area (Å²) < 4.78 is 5.47. The van der Waals surface area contributed by atoms with Gasteiger partial charge in [-0.05, 0) is 38.5 Å². The summed E-state index contributed by atoms with van der Waals surface area (Å²) in [5.41, 5.74) is 0. The summed E-state index contributed by atoms with van der Waals surface area (Å²) in [6, 6.07) is 0. The Morgan fingerprint density at radius 2 is 1.95 bits per heavy atom. The molecule has 0 aliphatic carbocycles. The molecule has 5 nitrogen and oxygen atoms in total. The zero-order valence-corrected chi connectivity index (χ0v) is 13.9. The van der Waals surface area contributed by atoms with Gasteiger partial charge in [-0.2, -0.15) is 0 Å². The molecule has 2 amide bonds. The van der Waals surface area contributed by atoms with Crippen LogP contribution in [0.15, 0.2) is 0 Å². The molecule has 2 rings (SSSR count). The molecule has 0 saturated carbocycles. The third-order valence-corrected chi connectivity index (χ3v) is 4.70. The van der Waals surface area contributed by atoms with Crippen molar-refractivity contribution < 1.29 is 14.3 Å². The molecule has 2 aliphatic heterocycles. The number of rotatable bonds is 6. The van der Waals surface area contributed by atoms with E-state index in [2.05, 4.69) is 0 Å². The van der Waals surface area contributed by atoms with E-state index >= 15 is 0 Å². The van der Waals surface area contributed by atoms with Gasteiger partial charge in [0.05, 0.1) is 0 Å². The maximum Gasteiger partial charge on any atom is 0.227 e. The minimum Gasteiger partial charge on any atom is -0.361 e. The van der Waals surface area contributed by atoms with E-state index in [9.17, 15) is 9.59 Å². The van der Waals surface area contributed by atoms with Crippen LogP contribution >= 0.6 is 0 Å². The van der Waals surface area contributed by atoms with Crippen LogP contribution in [-0.4, -0.2) is 54.6 Å². The number of carbonyl (C=O) groups is 2. The van der Waals surface area contributed by atoms with E-state index < -0.39 is 0 Å². The summed E-state index contributed by atoms with van der Waals surface area (Å²) in [4.78, 5) is 28.0. The number of hydrogen-bond acceptors (Lipinski definition) is 3. The van der Waals surface area contributed by atoms with Crippen molar-refractivity contribution in [3.63, 3.8) is 0 Å². The summed E-state index contributed by atoms with van der Waals surface area (Å²) in [5.74, 6) is 0.590. The highest BCUT2D eigenvalue weighted by Gasteiger charge is 2.23. The van der Waals surface area contributed by atoms with Gasteiger partial charge in [-0.1, -0.05) is 13.3 Å². The summed E-state index contributed by atoms with van der Waals surface area (Å²) in [6.07, 6.45) is 7.91. The number of ether oxygens (including phenoxy) is 1. The van der Waals surface area contributed by atoms with Gasteiger partial charge < -0.3 is 14.5 Å². The lowest BCUT2D eigenvalue weighted by Crippen LogP contribution is -2.36. The van der Waals surface area contributed by atoms with Crippen LogP contribution in [0, 0.1) is 5.92 Å². The predicted octanol–water partition coefficient (Wildman–Crippen LogP) is 2.40. The van der Waals surface area contributed by atoms with Crippen LogP contribution in [-0.2, 0) is 14.3 Å². The topological polar surface area (TPSA) is 49.9 Å². The number of hydrogen-bond donors (Lipinski definition) is 0. The molecule has 1 unspecified atom stereocenters. The van der Waals surface area contributed by atoms with E-state index in [0.717, 1.165) is 58.2 Å². The Balaban J connectivity index is 1.58. The van der Waals surface area contributed by atoms with Crippen LogP contribution in [0.4, 0.5) is 0 Å². The molecule has 0 aromatic carbocycles. The fourth-order valence-electron chi connectivity index (χ4n) is 3.17. The largest absolute Gasteiger partial charge is 0.361 e. The van der Waals surface area contributed by atoms with Crippen LogP contribution in [0.3, 0.4) is 0 Å². The van der Waals surface area contributed by atoms with Crippen molar-refractivity contribution in [3.05, 3.63) is 0 Å². The van der Waals surface area contributed by atoms with Gasteiger partial charge in [-0.25, -0.2) is 0 Å². The predicted molar refractivity (Wildman–Crippen MR) is 85.2 cm³/mol. The first kappa shape index (κ1) is 17.3. The van der Waals surface area contributed by atoms with E-state index in [1.807, 2.05) is 16.7 Å². The van der Waals surface area contributed by atoms with Crippen molar-refractivity contribution in [1.29, 1.82) is 0 Å². The van der Waals surface area contributed by atoms with E-state index in [4.69, 9.17) is 4.74 Å². The van der Waals surface area contributed by atoms with Crippen molar-refractivity contribution in [3.8, 4) is 0 Å². The van der Waals surface area contributed by atoms with Gasteiger partial charge in [0.25, 0.3) is 0 Å². The average Bonchev–Trinajstić information content (AvgIpc) is 2.70. The van der Waals surface area contributed by atoms with Gasteiger partial charge in [0.2, 0.25) is 11.8 Å². The minimum absolute atomic E-state index is 0.0724. The first-order valence-electron chi connectivity index (χ1n) is 8.83. The molecule has 5 heteroatoms. The quantitative estimate of drug-likeness (QED) is 0.708.